The van der Waals surface area contributed by atoms with Crippen LogP contribution in [0, 0.1) is 17.0 Å². The number of nitro groups is 1. The number of rotatable bonds is 8. The molecule has 13 heteroatoms. The van der Waals surface area contributed by atoms with Crippen LogP contribution < -0.4 is 16.3 Å². The molecule has 1 amide bonds. The molecule has 0 aliphatic heterocycles. The van der Waals surface area contributed by atoms with Crippen molar-refractivity contribution < 1.29 is 9.72 Å². The number of amides is 1. The molecule has 0 saturated heterocycles. The molecule has 13 nitrogen and oxygen atoms in total. The predicted molar refractivity (Wildman–Crippen MR) is 143 cm³/mol. The minimum absolute atomic E-state index is 0.0162. The minimum atomic E-state index is -0.520. The summed E-state index contributed by atoms with van der Waals surface area (Å²) in [5.74, 6) is -0.520. The third kappa shape index (κ3) is 4.89. The molecule has 5 aromatic rings. The first-order valence-electron chi connectivity index (χ1n) is 12.2. The molecular formula is C26H24N8O5. The Bertz CT molecular complexity index is 1870. The lowest BCUT2D eigenvalue weighted by molar-refractivity contribution is -0.384. The molecule has 39 heavy (non-hydrogen) atoms. The zero-order valence-electron chi connectivity index (χ0n) is 21.2. The first-order valence-corrected chi connectivity index (χ1v) is 12.2. The fourth-order valence-electron chi connectivity index (χ4n) is 4.37. The van der Waals surface area contributed by atoms with E-state index in [2.05, 4.69) is 20.4 Å². The lowest BCUT2D eigenvalue weighted by Crippen LogP contribution is -2.32. The Morgan fingerprint density at radius 2 is 1.92 bits per heavy atom. The maximum Gasteiger partial charge on any atom is 0.269 e. The number of nitrogens with zero attached hydrogens (tertiary/aromatic N) is 7. The van der Waals surface area contributed by atoms with Crippen LogP contribution in [0.15, 0.2) is 64.7 Å². The van der Waals surface area contributed by atoms with Crippen molar-refractivity contribution in [2.24, 2.45) is 0 Å². The van der Waals surface area contributed by atoms with Crippen molar-refractivity contribution in [3.63, 3.8) is 0 Å². The molecule has 4 heterocycles. The number of carbonyl (C=O) groups is 1. The van der Waals surface area contributed by atoms with E-state index in [1.54, 1.807) is 28.8 Å². The van der Waals surface area contributed by atoms with Gasteiger partial charge in [-0.1, -0.05) is 12.1 Å². The summed E-state index contributed by atoms with van der Waals surface area (Å²) in [6, 6.07) is 9.45. The summed E-state index contributed by atoms with van der Waals surface area (Å²) < 4.78 is 4.61. The molecular weight excluding hydrogens is 504 g/mol. The molecule has 0 spiro atoms. The fraction of sp³-hybridized carbons (Fsp3) is 0.231. The lowest BCUT2D eigenvalue weighted by Gasteiger charge is -2.12. The second kappa shape index (κ2) is 10.3. The number of carbonyl (C=O) groups excluding carboxylic acids is 1. The van der Waals surface area contributed by atoms with E-state index in [0.717, 1.165) is 5.69 Å². The standard InChI is InChI=1S/C26H24N8O5/c1-3-31-14-21(22(35)19-8-7-16(2)30-24(19)31)25(36)27-9-10-33-23-20(12-29-33)26(37)32(15-28-23)13-17-5-4-6-18(11-17)34(38)39/h4-8,11-12,14-15H,3,9-10,13H2,1-2H3,(H,27,36). The number of fused-ring (bicyclic) bond motifs is 2. The van der Waals surface area contributed by atoms with E-state index in [-0.39, 0.29) is 41.8 Å². The normalized spacial score (nSPS) is 11.2. The molecule has 4 aromatic heterocycles. The lowest BCUT2D eigenvalue weighted by atomic mass is 10.1. The van der Waals surface area contributed by atoms with Gasteiger partial charge in [0.05, 0.1) is 29.6 Å². The number of hydrogen-bond acceptors (Lipinski definition) is 8. The molecule has 0 aliphatic rings. The summed E-state index contributed by atoms with van der Waals surface area (Å²) in [5, 5.41) is 18.7. The number of hydrogen-bond donors (Lipinski definition) is 1. The SMILES string of the molecule is CCn1cc(C(=O)NCCn2ncc3c(=O)n(Cc4cccc([N+](=O)[O-])c4)cnc32)c(=O)c2ccc(C)nc21. The number of aromatic nitrogens is 6. The Balaban J connectivity index is 1.32. The van der Waals surface area contributed by atoms with Gasteiger partial charge in [-0.3, -0.25) is 29.1 Å². The van der Waals surface area contributed by atoms with Crippen LogP contribution in [0.25, 0.3) is 22.1 Å². The molecule has 0 atom stereocenters. The monoisotopic (exact) mass is 528 g/mol. The molecule has 1 N–H and O–H groups in total. The third-order valence-electron chi connectivity index (χ3n) is 6.35. The van der Waals surface area contributed by atoms with Gasteiger partial charge in [-0.2, -0.15) is 5.10 Å². The number of non-ortho nitro benzene ring substituents is 1. The number of nitrogens with one attached hydrogen (secondary N) is 1. The van der Waals surface area contributed by atoms with E-state index in [1.807, 2.05) is 13.8 Å². The van der Waals surface area contributed by atoms with Crippen LogP contribution in [0.3, 0.4) is 0 Å². The number of benzene rings is 1. The van der Waals surface area contributed by atoms with Crippen LogP contribution in [-0.2, 0) is 19.6 Å². The quantitative estimate of drug-likeness (QED) is 0.236. The average Bonchev–Trinajstić information content (AvgIpc) is 3.34. The smallest absolute Gasteiger partial charge is 0.269 e. The Morgan fingerprint density at radius 3 is 2.69 bits per heavy atom. The molecule has 0 bridgehead atoms. The predicted octanol–water partition coefficient (Wildman–Crippen LogP) is 2.02. The molecule has 198 valence electrons. The van der Waals surface area contributed by atoms with Crippen LogP contribution in [0.4, 0.5) is 5.69 Å². The number of aryl methyl sites for hydroxylation is 2. The first-order chi connectivity index (χ1) is 18.8. The van der Waals surface area contributed by atoms with E-state index >= 15 is 0 Å². The van der Waals surface area contributed by atoms with E-state index in [0.29, 0.717) is 28.8 Å². The van der Waals surface area contributed by atoms with Gasteiger partial charge in [-0.25, -0.2) is 14.6 Å². The van der Waals surface area contributed by atoms with Crippen LogP contribution >= 0.6 is 0 Å². The topological polar surface area (TPSA) is 160 Å². The van der Waals surface area contributed by atoms with Crippen molar-refractivity contribution in [2.75, 3.05) is 6.54 Å². The summed E-state index contributed by atoms with van der Waals surface area (Å²) >= 11 is 0. The summed E-state index contributed by atoms with van der Waals surface area (Å²) in [7, 11) is 0. The van der Waals surface area contributed by atoms with Gasteiger partial charge in [-0.15, -0.1) is 0 Å². The molecule has 0 saturated carbocycles. The van der Waals surface area contributed by atoms with Gasteiger partial charge >= 0.3 is 0 Å². The average molecular weight is 529 g/mol. The van der Waals surface area contributed by atoms with Crippen LogP contribution in [0.5, 0.6) is 0 Å². The summed E-state index contributed by atoms with van der Waals surface area (Å²) in [4.78, 5) is 58.2. The second-order valence-corrected chi connectivity index (χ2v) is 8.95. The van der Waals surface area contributed by atoms with E-state index in [9.17, 15) is 24.5 Å². The van der Waals surface area contributed by atoms with E-state index in [1.165, 1.54) is 40.1 Å². The zero-order valence-corrected chi connectivity index (χ0v) is 21.2. The second-order valence-electron chi connectivity index (χ2n) is 8.95. The summed E-state index contributed by atoms with van der Waals surface area (Å²) in [5.41, 5.74) is 1.45. The van der Waals surface area contributed by atoms with Gasteiger partial charge in [0, 0.05) is 37.1 Å². The summed E-state index contributed by atoms with van der Waals surface area (Å²) in [6.45, 7) is 4.75. The zero-order chi connectivity index (χ0) is 27.7. The maximum atomic E-state index is 13.0. The van der Waals surface area contributed by atoms with Crippen molar-refractivity contribution in [1.82, 2.24) is 34.2 Å². The van der Waals surface area contributed by atoms with Gasteiger partial charge in [-0.05, 0) is 31.5 Å². The van der Waals surface area contributed by atoms with Crippen LogP contribution in [0.2, 0.25) is 0 Å². The highest BCUT2D eigenvalue weighted by atomic mass is 16.6. The van der Waals surface area contributed by atoms with Crippen molar-refractivity contribution in [3.8, 4) is 0 Å². The Kier molecular flexibility index (Phi) is 6.71. The van der Waals surface area contributed by atoms with Gasteiger partial charge in [0.1, 0.15) is 22.9 Å². The van der Waals surface area contributed by atoms with E-state index < -0.39 is 16.3 Å². The van der Waals surface area contributed by atoms with Crippen LogP contribution in [0.1, 0.15) is 28.5 Å². The summed E-state index contributed by atoms with van der Waals surface area (Å²) in [6.07, 6.45) is 4.27. The van der Waals surface area contributed by atoms with Gasteiger partial charge < -0.3 is 9.88 Å². The van der Waals surface area contributed by atoms with Crippen molar-refractivity contribution in [3.05, 3.63) is 103 Å². The van der Waals surface area contributed by atoms with Crippen molar-refractivity contribution >= 4 is 33.7 Å². The van der Waals surface area contributed by atoms with Crippen molar-refractivity contribution in [2.45, 2.75) is 33.5 Å². The highest BCUT2D eigenvalue weighted by Gasteiger charge is 2.17. The molecule has 1 aromatic carbocycles. The third-order valence-corrected chi connectivity index (χ3v) is 6.35. The highest BCUT2D eigenvalue weighted by molar-refractivity contribution is 5.96. The molecule has 0 unspecified atom stereocenters. The number of pyridine rings is 2. The van der Waals surface area contributed by atoms with Gasteiger partial charge in [0.15, 0.2) is 5.65 Å². The Labute approximate surface area is 220 Å². The molecule has 5 rings (SSSR count). The maximum absolute atomic E-state index is 13.0. The molecule has 0 aliphatic carbocycles. The van der Waals surface area contributed by atoms with Crippen LogP contribution in [-0.4, -0.2) is 46.3 Å². The van der Waals surface area contributed by atoms with Gasteiger partial charge in [0.25, 0.3) is 17.2 Å². The fourth-order valence-corrected chi connectivity index (χ4v) is 4.37. The first kappa shape index (κ1) is 25.4. The minimum Gasteiger partial charge on any atom is -0.350 e. The Morgan fingerprint density at radius 1 is 1.10 bits per heavy atom. The van der Waals surface area contributed by atoms with Gasteiger partial charge in [0.2, 0.25) is 5.43 Å². The van der Waals surface area contributed by atoms with Crippen molar-refractivity contribution in [1.29, 1.82) is 0 Å². The molecule has 0 fully saturated rings. The highest BCUT2D eigenvalue weighted by Crippen LogP contribution is 2.14. The number of nitro benzene ring substituents is 1. The largest absolute Gasteiger partial charge is 0.350 e. The molecule has 0 radical (unpaired) electrons. The Hall–Kier alpha value is -5.20. The van der Waals surface area contributed by atoms with E-state index in [4.69, 9.17) is 0 Å².